The Morgan fingerprint density at radius 1 is 1.03 bits per heavy atom. The van der Waals surface area contributed by atoms with Crippen molar-refractivity contribution in [2.75, 3.05) is 25.5 Å². The van der Waals surface area contributed by atoms with Crippen molar-refractivity contribution in [1.82, 2.24) is 5.32 Å². The van der Waals surface area contributed by atoms with Crippen LogP contribution in [0.1, 0.15) is 22.9 Å². The van der Waals surface area contributed by atoms with E-state index in [9.17, 15) is 9.59 Å². The Kier molecular flexibility index (Phi) is 6.33. The Labute approximate surface area is 181 Å². The van der Waals surface area contributed by atoms with Gasteiger partial charge in [0.15, 0.2) is 11.8 Å². The number of carbonyl (C=O) groups excluding carboxylic acids is 2. The molecule has 0 radical (unpaired) electrons. The van der Waals surface area contributed by atoms with Gasteiger partial charge in [-0.2, -0.15) is 0 Å². The zero-order chi connectivity index (χ0) is 21.6. The van der Waals surface area contributed by atoms with Crippen molar-refractivity contribution < 1.29 is 23.6 Å². The number of hydrogen-bond acceptors (Lipinski definition) is 4. The number of quaternary nitrogens is 1. The zero-order valence-electron chi connectivity index (χ0n) is 17.4. The van der Waals surface area contributed by atoms with Crippen LogP contribution < -0.4 is 20.3 Å². The predicted octanol–water partition coefficient (Wildman–Crippen LogP) is 1.73. The third kappa shape index (κ3) is 4.78. The van der Waals surface area contributed by atoms with Crippen molar-refractivity contribution in [3.63, 3.8) is 0 Å². The van der Waals surface area contributed by atoms with Crippen LogP contribution in [0.4, 0.5) is 5.69 Å². The lowest BCUT2D eigenvalue weighted by molar-refractivity contribution is -0.946. The van der Waals surface area contributed by atoms with Gasteiger partial charge in [0.1, 0.15) is 12.3 Å². The lowest BCUT2D eigenvalue weighted by Crippen LogP contribution is -3.12. The van der Waals surface area contributed by atoms with Crippen LogP contribution >= 0.6 is 0 Å². The summed E-state index contributed by atoms with van der Waals surface area (Å²) in [6.45, 7) is 2.06. The third-order valence-electron chi connectivity index (χ3n) is 5.66. The molecule has 31 heavy (non-hydrogen) atoms. The van der Waals surface area contributed by atoms with E-state index in [2.05, 4.69) is 28.8 Å². The summed E-state index contributed by atoms with van der Waals surface area (Å²) in [5.41, 5.74) is 3.12. The van der Waals surface area contributed by atoms with Crippen LogP contribution in [0.5, 0.6) is 5.75 Å². The first-order valence-corrected chi connectivity index (χ1v) is 10.3. The number of anilines is 1. The van der Waals surface area contributed by atoms with E-state index >= 15 is 0 Å². The second kappa shape index (κ2) is 9.49. The fraction of sp³-hybridized carbons (Fsp3) is 0.250. The molecule has 7 nitrogen and oxygen atoms in total. The van der Waals surface area contributed by atoms with Gasteiger partial charge < -0.3 is 24.7 Å². The van der Waals surface area contributed by atoms with Gasteiger partial charge in [-0.05, 0) is 29.8 Å². The van der Waals surface area contributed by atoms with Gasteiger partial charge in [0, 0.05) is 12.0 Å². The third-order valence-corrected chi connectivity index (χ3v) is 5.66. The molecule has 2 heterocycles. The molecule has 1 aromatic heterocycles. The number of ether oxygens (including phenoxy) is 1. The van der Waals surface area contributed by atoms with Crippen molar-refractivity contribution in [2.45, 2.75) is 19.0 Å². The molecule has 1 aliphatic heterocycles. The molecule has 4 rings (SSSR count). The molecule has 2 atom stereocenters. The maximum atomic E-state index is 12.5. The van der Waals surface area contributed by atoms with E-state index in [4.69, 9.17) is 9.15 Å². The SMILES string of the molecule is COc1ccccc1NC(=O)C(=O)NC[C@H](c1ccco1)[NH+]1CCc2ccccc2C1. The van der Waals surface area contributed by atoms with Gasteiger partial charge in [-0.1, -0.05) is 36.4 Å². The number of methoxy groups -OCH3 is 1. The molecule has 0 aliphatic carbocycles. The molecule has 3 aromatic rings. The van der Waals surface area contributed by atoms with E-state index in [0.717, 1.165) is 25.3 Å². The van der Waals surface area contributed by atoms with Crippen molar-refractivity contribution in [2.24, 2.45) is 0 Å². The molecule has 1 aliphatic rings. The molecule has 0 saturated carbocycles. The van der Waals surface area contributed by atoms with Crippen LogP contribution in [0, 0.1) is 0 Å². The first kappa shape index (κ1) is 20.7. The topological polar surface area (TPSA) is 85.0 Å². The molecule has 3 N–H and O–H groups in total. The second-order valence-electron chi connectivity index (χ2n) is 7.54. The number of fused-ring (bicyclic) bond motifs is 1. The average molecular weight is 420 g/mol. The normalized spacial score (nSPS) is 16.1. The minimum atomic E-state index is -0.735. The Balaban J connectivity index is 1.42. The van der Waals surface area contributed by atoms with Crippen molar-refractivity contribution in [3.8, 4) is 5.75 Å². The zero-order valence-corrected chi connectivity index (χ0v) is 17.4. The van der Waals surface area contributed by atoms with Gasteiger partial charge >= 0.3 is 11.8 Å². The number of benzene rings is 2. The molecule has 0 spiro atoms. The number of hydrogen-bond donors (Lipinski definition) is 3. The van der Waals surface area contributed by atoms with E-state index in [1.807, 2.05) is 18.2 Å². The highest BCUT2D eigenvalue weighted by atomic mass is 16.5. The van der Waals surface area contributed by atoms with Crippen LogP contribution in [0.25, 0.3) is 0 Å². The molecule has 2 aromatic carbocycles. The average Bonchev–Trinajstić information content (AvgIpc) is 3.34. The lowest BCUT2D eigenvalue weighted by Gasteiger charge is -2.31. The lowest BCUT2D eigenvalue weighted by atomic mass is 9.98. The van der Waals surface area contributed by atoms with Gasteiger partial charge in [-0.15, -0.1) is 0 Å². The number of carbonyl (C=O) groups is 2. The standard InChI is InChI=1S/C24H25N3O4/c1-30-21-10-5-4-9-19(21)26-24(29)23(28)25-15-20(22-11-6-14-31-22)27-13-12-17-7-2-3-8-18(17)16-27/h2-11,14,20H,12-13,15-16H2,1H3,(H,25,28)(H,26,29)/p+1/t20-/m1/s1. The summed E-state index contributed by atoms with van der Waals surface area (Å²) < 4.78 is 10.9. The van der Waals surface area contributed by atoms with Crippen LogP contribution in [0.15, 0.2) is 71.3 Å². The molecule has 7 heteroatoms. The number of para-hydroxylation sites is 2. The molecule has 0 fully saturated rings. The fourth-order valence-electron chi connectivity index (χ4n) is 4.04. The fourth-order valence-corrected chi connectivity index (χ4v) is 4.04. The monoisotopic (exact) mass is 420 g/mol. The number of nitrogens with one attached hydrogen (secondary N) is 3. The summed E-state index contributed by atoms with van der Waals surface area (Å²) in [4.78, 5) is 26.2. The van der Waals surface area contributed by atoms with E-state index in [-0.39, 0.29) is 6.04 Å². The maximum absolute atomic E-state index is 12.5. The van der Waals surface area contributed by atoms with Gasteiger partial charge in [0.05, 0.1) is 32.1 Å². The first-order chi connectivity index (χ1) is 15.2. The predicted molar refractivity (Wildman–Crippen MR) is 116 cm³/mol. The first-order valence-electron chi connectivity index (χ1n) is 10.3. The Bertz CT molecular complexity index is 1050. The smallest absolute Gasteiger partial charge is 0.313 e. The van der Waals surface area contributed by atoms with Crippen molar-refractivity contribution >= 4 is 17.5 Å². The minimum Gasteiger partial charge on any atom is -0.495 e. The van der Waals surface area contributed by atoms with E-state index in [1.165, 1.54) is 23.1 Å². The Morgan fingerprint density at radius 3 is 2.58 bits per heavy atom. The van der Waals surface area contributed by atoms with Crippen LogP contribution in [0.3, 0.4) is 0 Å². The summed E-state index contributed by atoms with van der Waals surface area (Å²) in [5.74, 6) is -0.144. The van der Waals surface area contributed by atoms with Gasteiger partial charge in [-0.25, -0.2) is 0 Å². The van der Waals surface area contributed by atoms with Crippen LogP contribution in [0.2, 0.25) is 0 Å². The summed E-state index contributed by atoms with van der Waals surface area (Å²) >= 11 is 0. The van der Waals surface area contributed by atoms with Crippen molar-refractivity contribution in [1.29, 1.82) is 0 Å². The minimum absolute atomic E-state index is 0.0913. The highest BCUT2D eigenvalue weighted by Crippen LogP contribution is 2.22. The molecule has 2 amide bonds. The molecule has 160 valence electrons. The molecule has 1 unspecified atom stereocenters. The summed E-state index contributed by atoms with van der Waals surface area (Å²) in [6.07, 6.45) is 2.60. The molecular weight excluding hydrogens is 394 g/mol. The highest BCUT2D eigenvalue weighted by molar-refractivity contribution is 6.39. The Hall–Kier alpha value is -3.58. The number of amides is 2. The van der Waals surface area contributed by atoms with Crippen molar-refractivity contribution in [3.05, 3.63) is 83.8 Å². The summed E-state index contributed by atoms with van der Waals surface area (Å²) in [6, 6.07) is 19.1. The summed E-state index contributed by atoms with van der Waals surface area (Å²) in [5, 5.41) is 5.38. The summed E-state index contributed by atoms with van der Waals surface area (Å²) in [7, 11) is 1.51. The highest BCUT2D eigenvalue weighted by Gasteiger charge is 2.31. The quantitative estimate of drug-likeness (QED) is 0.530. The molecule has 0 saturated heterocycles. The van der Waals surface area contributed by atoms with Gasteiger partial charge in [0.2, 0.25) is 0 Å². The number of rotatable bonds is 6. The molecular formula is C24H26N3O4+. The van der Waals surface area contributed by atoms with Crippen LogP contribution in [-0.4, -0.2) is 32.0 Å². The number of furan rings is 1. The maximum Gasteiger partial charge on any atom is 0.313 e. The molecule has 0 bridgehead atoms. The largest absolute Gasteiger partial charge is 0.495 e. The van der Waals surface area contributed by atoms with E-state index in [0.29, 0.717) is 18.0 Å². The van der Waals surface area contributed by atoms with Gasteiger partial charge in [-0.3, -0.25) is 9.59 Å². The van der Waals surface area contributed by atoms with E-state index in [1.54, 1.807) is 30.5 Å². The Morgan fingerprint density at radius 2 is 1.81 bits per heavy atom. The second-order valence-corrected chi connectivity index (χ2v) is 7.54. The van der Waals surface area contributed by atoms with Crippen LogP contribution in [-0.2, 0) is 22.6 Å². The van der Waals surface area contributed by atoms with E-state index < -0.39 is 11.8 Å². The van der Waals surface area contributed by atoms with Gasteiger partial charge in [0.25, 0.3) is 0 Å².